The average molecular weight is 226 g/mol. The summed E-state index contributed by atoms with van der Waals surface area (Å²) >= 11 is 0. The first kappa shape index (κ1) is 12.8. The fraction of sp³-hybridized carbons (Fsp3) is 0.583. The van der Waals surface area contributed by atoms with E-state index < -0.39 is 17.3 Å². The minimum Gasteiger partial charge on any atom is -0.502 e. The Morgan fingerprint density at radius 2 is 2.12 bits per heavy atom. The van der Waals surface area contributed by atoms with Gasteiger partial charge in [0.25, 0.3) is 0 Å². The Hall–Kier alpha value is -1.29. The van der Waals surface area contributed by atoms with Crippen molar-refractivity contribution in [3.8, 4) is 5.75 Å². The third-order valence-electron chi connectivity index (χ3n) is 2.46. The van der Waals surface area contributed by atoms with Crippen molar-refractivity contribution in [2.24, 2.45) is 0 Å². The second-order valence-corrected chi connectivity index (χ2v) is 3.95. The van der Waals surface area contributed by atoms with Crippen LogP contribution >= 0.6 is 0 Å². The van der Waals surface area contributed by atoms with Crippen LogP contribution in [0.2, 0.25) is 0 Å². The van der Waals surface area contributed by atoms with Crippen molar-refractivity contribution in [3.63, 3.8) is 0 Å². The fourth-order valence-electron chi connectivity index (χ4n) is 1.57. The van der Waals surface area contributed by atoms with Crippen molar-refractivity contribution in [2.45, 2.75) is 45.6 Å². The van der Waals surface area contributed by atoms with E-state index in [1.54, 1.807) is 6.92 Å². The van der Waals surface area contributed by atoms with E-state index in [-0.39, 0.29) is 5.76 Å². The molecule has 4 heteroatoms. The maximum Gasteiger partial charge on any atom is 0.227 e. The molecule has 0 aromatic carbocycles. The van der Waals surface area contributed by atoms with E-state index in [1.165, 1.54) is 6.07 Å². The minimum absolute atomic E-state index is 0.0129. The predicted octanol–water partition coefficient (Wildman–Crippen LogP) is 2.27. The van der Waals surface area contributed by atoms with Gasteiger partial charge in [-0.2, -0.15) is 0 Å². The van der Waals surface area contributed by atoms with Gasteiger partial charge >= 0.3 is 0 Å². The molecular weight excluding hydrogens is 208 g/mol. The first-order valence-corrected chi connectivity index (χ1v) is 5.58. The van der Waals surface area contributed by atoms with E-state index in [9.17, 15) is 15.0 Å². The van der Waals surface area contributed by atoms with Crippen LogP contribution in [0.4, 0.5) is 0 Å². The Bertz CT molecular complexity index is 394. The van der Waals surface area contributed by atoms with Gasteiger partial charge < -0.3 is 14.6 Å². The van der Waals surface area contributed by atoms with E-state index in [0.29, 0.717) is 12.2 Å². The standard InChI is InChI=1S/C12H18O4/c1-3-4-5-6-9(13)12-11(15)10(14)7-8(2)16-12/h7,9,13,15H,3-6H2,1-2H3. The SMILES string of the molecule is CCCCCC(O)c1oc(C)cc(=O)c1O. The fourth-order valence-corrected chi connectivity index (χ4v) is 1.57. The Morgan fingerprint density at radius 3 is 2.75 bits per heavy atom. The number of aromatic hydroxyl groups is 1. The van der Waals surface area contributed by atoms with Crippen LogP contribution < -0.4 is 5.43 Å². The number of aliphatic hydroxyl groups excluding tert-OH is 1. The largest absolute Gasteiger partial charge is 0.502 e. The zero-order valence-corrected chi connectivity index (χ0v) is 9.69. The van der Waals surface area contributed by atoms with E-state index in [0.717, 1.165) is 19.3 Å². The molecule has 0 saturated heterocycles. The van der Waals surface area contributed by atoms with E-state index in [2.05, 4.69) is 6.92 Å². The first-order chi connectivity index (χ1) is 7.56. The van der Waals surface area contributed by atoms with Crippen LogP contribution in [0.3, 0.4) is 0 Å². The van der Waals surface area contributed by atoms with Gasteiger partial charge in [-0.3, -0.25) is 4.79 Å². The number of hydrogen-bond donors (Lipinski definition) is 2. The van der Waals surface area contributed by atoms with Gasteiger partial charge in [-0.05, 0) is 13.3 Å². The molecule has 0 spiro atoms. The van der Waals surface area contributed by atoms with Gasteiger partial charge in [-0.25, -0.2) is 0 Å². The van der Waals surface area contributed by atoms with Crippen LogP contribution in [0.5, 0.6) is 5.75 Å². The van der Waals surface area contributed by atoms with Gasteiger partial charge in [0, 0.05) is 6.07 Å². The third-order valence-corrected chi connectivity index (χ3v) is 2.46. The molecule has 90 valence electrons. The molecule has 0 fully saturated rings. The van der Waals surface area contributed by atoms with Crippen molar-refractivity contribution in [1.82, 2.24) is 0 Å². The second kappa shape index (κ2) is 5.70. The summed E-state index contributed by atoms with van der Waals surface area (Å²) < 4.78 is 5.18. The molecule has 0 aliphatic heterocycles. The van der Waals surface area contributed by atoms with E-state index in [4.69, 9.17) is 4.42 Å². The van der Waals surface area contributed by atoms with E-state index >= 15 is 0 Å². The van der Waals surface area contributed by atoms with Crippen LogP contribution in [-0.2, 0) is 0 Å². The van der Waals surface area contributed by atoms with Crippen LogP contribution in [-0.4, -0.2) is 10.2 Å². The predicted molar refractivity (Wildman–Crippen MR) is 60.5 cm³/mol. The monoisotopic (exact) mass is 226 g/mol. The van der Waals surface area contributed by atoms with Gasteiger partial charge in [0.15, 0.2) is 5.76 Å². The molecule has 2 N–H and O–H groups in total. The molecule has 0 aliphatic carbocycles. The van der Waals surface area contributed by atoms with Crippen molar-refractivity contribution < 1.29 is 14.6 Å². The summed E-state index contributed by atoms with van der Waals surface area (Å²) in [4.78, 5) is 11.3. The summed E-state index contributed by atoms with van der Waals surface area (Å²) in [5, 5.41) is 19.3. The quantitative estimate of drug-likeness (QED) is 0.755. The summed E-state index contributed by atoms with van der Waals surface area (Å²) in [6.07, 6.45) is 2.49. The number of unbranched alkanes of at least 4 members (excludes halogenated alkanes) is 2. The Morgan fingerprint density at radius 1 is 1.44 bits per heavy atom. The van der Waals surface area contributed by atoms with Gasteiger partial charge in [0.2, 0.25) is 11.2 Å². The molecule has 0 saturated carbocycles. The highest BCUT2D eigenvalue weighted by Gasteiger charge is 2.17. The Kier molecular flexibility index (Phi) is 4.55. The lowest BCUT2D eigenvalue weighted by Gasteiger charge is -2.11. The second-order valence-electron chi connectivity index (χ2n) is 3.95. The highest BCUT2D eigenvalue weighted by molar-refractivity contribution is 5.26. The third kappa shape index (κ3) is 3.10. The van der Waals surface area contributed by atoms with Crippen molar-refractivity contribution in [1.29, 1.82) is 0 Å². The number of hydrogen-bond acceptors (Lipinski definition) is 4. The van der Waals surface area contributed by atoms with Gasteiger partial charge in [0.1, 0.15) is 11.9 Å². The van der Waals surface area contributed by atoms with Crippen molar-refractivity contribution >= 4 is 0 Å². The zero-order valence-electron chi connectivity index (χ0n) is 9.69. The summed E-state index contributed by atoms with van der Waals surface area (Å²) in [5.41, 5.74) is -0.506. The topological polar surface area (TPSA) is 70.7 Å². The van der Waals surface area contributed by atoms with Crippen LogP contribution in [0.15, 0.2) is 15.3 Å². The molecule has 0 aliphatic rings. The van der Waals surface area contributed by atoms with Crippen molar-refractivity contribution in [2.75, 3.05) is 0 Å². The lowest BCUT2D eigenvalue weighted by atomic mass is 10.1. The lowest BCUT2D eigenvalue weighted by Crippen LogP contribution is -2.07. The first-order valence-electron chi connectivity index (χ1n) is 5.58. The summed E-state index contributed by atoms with van der Waals surface area (Å²) in [6, 6.07) is 1.21. The summed E-state index contributed by atoms with van der Waals surface area (Å²) in [7, 11) is 0. The van der Waals surface area contributed by atoms with Gasteiger partial charge in [0.05, 0.1) is 0 Å². The van der Waals surface area contributed by atoms with Crippen LogP contribution in [0, 0.1) is 6.92 Å². The van der Waals surface area contributed by atoms with E-state index in [1.807, 2.05) is 0 Å². The molecule has 4 nitrogen and oxygen atoms in total. The molecule has 0 radical (unpaired) electrons. The van der Waals surface area contributed by atoms with Gasteiger partial charge in [-0.15, -0.1) is 0 Å². The molecule has 0 amide bonds. The molecule has 1 rings (SSSR count). The summed E-state index contributed by atoms with van der Waals surface area (Å²) in [5.74, 6) is -0.0944. The summed E-state index contributed by atoms with van der Waals surface area (Å²) in [6.45, 7) is 3.68. The average Bonchev–Trinajstić information content (AvgIpc) is 2.23. The molecule has 0 bridgehead atoms. The van der Waals surface area contributed by atoms with Crippen molar-refractivity contribution in [3.05, 3.63) is 27.8 Å². The number of rotatable bonds is 5. The normalized spacial score (nSPS) is 12.7. The number of aliphatic hydroxyl groups is 1. The lowest BCUT2D eigenvalue weighted by molar-refractivity contribution is 0.127. The highest BCUT2D eigenvalue weighted by Crippen LogP contribution is 2.25. The molecule has 1 atom stereocenters. The highest BCUT2D eigenvalue weighted by atomic mass is 16.4. The number of aryl methyl sites for hydroxylation is 1. The molecule has 1 aromatic rings. The Balaban J connectivity index is 2.82. The molecule has 1 aromatic heterocycles. The molecular formula is C12H18O4. The zero-order chi connectivity index (χ0) is 12.1. The maximum atomic E-state index is 11.3. The molecule has 1 heterocycles. The minimum atomic E-state index is -0.904. The van der Waals surface area contributed by atoms with Gasteiger partial charge in [-0.1, -0.05) is 26.2 Å². The maximum absolute atomic E-state index is 11.3. The molecule has 16 heavy (non-hydrogen) atoms. The Labute approximate surface area is 94.5 Å². The molecule has 1 unspecified atom stereocenters. The van der Waals surface area contributed by atoms with Crippen LogP contribution in [0.25, 0.3) is 0 Å². The van der Waals surface area contributed by atoms with Crippen LogP contribution in [0.1, 0.15) is 50.2 Å². The smallest absolute Gasteiger partial charge is 0.227 e.